The lowest BCUT2D eigenvalue weighted by atomic mass is 9.89. The number of alkyl carbamates (subject to hydrolysis) is 1. The summed E-state index contributed by atoms with van der Waals surface area (Å²) in [6, 6.07) is -0.178. The Bertz CT molecular complexity index is 1260. The van der Waals surface area contributed by atoms with Gasteiger partial charge in [0.25, 0.3) is 5.91 Å². The van der Waals surface area contributed by atoms with Gasteiger partial charge in [-0.3, -0.25) is 15.2 Å². The summed E-state index contributed by atoms with van der Waals surface area (Å²) < 4.78 is 17.6. The molecule has 2 aromatic rings. The van der Waals surface area contributed by atoms with Crippen molar-refractivity contribution in [2.24, 2.45) is 0 Å². The molecule has 12 nitrogen and oxygen atoms in total. The van der Waals surface area contributed by atoms with Crippen LogP contribution in [0.2, 0.25) is 0 Å². The zero-order chi connectivity index (χ0) is 28.8. The molecule has 14 heteroatoms. The van der Waals surface area contributed by atoms with E-state index in [0.717, 1.165) is 17.8 Å². The summed E-state index contributed by atoms with van der Waals surface area (Å²) in [6.45, 7) is 12.5. The number of hydrogen-bond acceptors (Lipinski definition) is 9. The molecular formula is C25H35BrN6O6S. The number of fused-ring (bicyclic) bond motifs is 2. The van der Waals surface area contributed by atoms with E-state index in [0.29, 0.717) is 40.3 Å². The third-order valence-electron chi connectivity index (χ3n) is 6.27. The number of hydrogen-bond donors (Lipinski definition) is 4. The molecule has 0 aromatic carbocycles. The lowest BCUT2D eigenvalue weighted by Crippen LogP contribution is -2.49. The van der Waals surface area contributed by atoms with Crippen LogP contribution in [0.4, 0.5) is 20.3 Å². The van der Waals surface area contributed by atoms with Gasteiger partial charge in [0.05, 0.1) is 23.5 Å². The Morgan fingerprint density at radius 2 is 1.69 bits per heavy atom. The molecule has 2 bridgehead atoms. The standard InChI is InChI=1S/C25H35BrN6O6S/c1-12-15(28-18(33)16-19(39-20(26)29-16)30-22(35)38-24(5,6)7)17(32-31-12)25-10-8-13(14(36-25)9-11-25)27-21(34)37-23(2,3)4/h13-14H,8-11H2,1-7H3,(H,27,34)(H,28,33)(H,30,35)(H,31,32). The number of aromatic amines is 1. The number of anilines is 2. The van der Waals surface area contributed by atoms with E-state index in [1.165, 1.54) is 0 Å². The molecule has 2 saturated heterocycles. The van der Waals surface area contributed by atoms with E-state index in [2.05, 4.69) is 47.1 Å². The molecule has 4 N–H and O–H groups in total. The van der Waals surface area contributed by atoms with Crippen molar-refractivity contribution in [1.29, 1.82) is 0 Å². The van der Waals surface area contributed by atoms with Gasteiger partial charge < -0.3 is 24.8 Å². The SMILES string of the molecule is Cc1[nH]nc(C23CCC(NC(=O)OC(C)(C)C)C(CC2)O3)c1NC(=O)c1nc(Br)sc1NC(=O)OC(C)(C)C. The Labute approximate surface area is 239 Å². The number of amides is 3. The van der Waals surface area contributed by atoms with Crippen LogP contribution < -0.4 is 16.0 Å². The second-order valence-corrected chi connectivity index (χ2v) is 14.1. The Hall–Kier alpha value is -2.71. The van der Waals surface area contributed by atoms with Gasteiger partial charge in [0.1, 0.15) is 27.5 Å². The smallest absolute Gasteiger partial charge is 0.412 e. The van der Waals surface area contributed by atoms with Gasteiger partial charge >= 0.3 is 12.2 Å². The number of rotatable bonds is 5. The Morgan fingerprint density at radius 1 is 1.05 bits per heavy atom. The van der Waals surface area contributed by atoms with Gasteiger partial charge in [0, 0.05) is 0 Å². The van der Waals surface area contributed by atoms with Crippen LogP contribution in [-0.2, 0) is 19.8 Å². The van der Waals surface area contributed by atoms with Crippen LogP contribution in [0.1, 0.15) is 89.1 Å². The summed E-state index contributed by atoms with van der Waals surface area (Å²) in [7, 11) is 0. The molecule has 2 aliphatic rings. The second-order valence-electron chi connectivity index (χ2n) is 11.8. The fourth-order valence-electron chi connectivity index (χ4n) is 4.75. The molecular weight excluding hydrogens is 592 g/mol. The first kappa shape index (κ1) is 29.3. The summed E-state index contributed by atoms with van der Waals surface area (Å²) in [5.41, 5.74) is -0.189. The van der Waals surface area contributed by atoms with Crippen LogP contribution in [0.15, 0.2) is 3.92 Å². The second kappa shape index (κ2) is 10.7. The van der Waals surface area contributed by atoms with Crippen LogP contribution >= 0.6 is 27.3 Å². The zero-order valence-corrected chi connectivity index (χ0v) is 25.5. The highest BCUT2D eigenvalue weighted by Crippen LogP contribution is 2.50. The summed E-state index contributed by atoms with van der Waals surface area (Å²) >= 11 is 4.40. The molecule has 3 amide bonds. The lowest BCUT2D eigenvalue weighted by molar-refractivity contribution is -0.0983. The lowest BCUT2D eigenvalue weighted by Gasteiger charge is -2.37. The average Bonchev–Trinajstić information content (AvgIpc) is 3.44. The van der Waals surface area contributed by atoms with Gasteiger partial charge in [-0.15, -0.1) is 0 Å². The number of carbonyl (C=O) groups is 3. The van der Waals surface area contributed by atoms with Crippen LogP contribution in [0.5, 0.6) is 0 Å². The molecule has 3 atom stereocenters. The number of thiazole rings is 1. The van der Waals surface area contributed by atoms with Crippen LogP contribution in [0.25, 0.3) is 0 Å². The highest BCUT2D eigenvalue weighted by molar-refractivity contribution is 9.11. The Kier molecular flexibility index (Phi) is 8.03. The van der Waals surface area contributed by atoms with Gasteiger partial charge in [0.15, 0.2) is 9.61 Å². The van der Waals surface area contributed by atoms with Crippen molar-refractivity contribution in [2.45, 2.75) is 103 Å². The fraction of sp³-hybridized carbons (Fsp3) is 0.640. The predicted molar refractivity (Wildman–Crippen MR) is 149 cm³/mol. The zero-order valence-electron chi connectivity index (χ0n) is 23.1. The van der Waals surface area contributed by atoms with E-state index in [1.807, 2.05) is 27.7 Å². The number of carbonyl (C=O) groups excluding carboxylic acids is 3. The summed E-state index contributed by atoms with van der Waals surface area (Å²) in [5.74, 6) is -0.514. The molecule has 2 fully saturated rings. The monoisotopic (exact) mass is 626 g/mol. The highest BCUT2D eigenvalue weighted by atomic mass is 79.9. The van der Waals surface area contributed by atoms with Crippen molar-refractivity contribution in [2.75, 3.05) is 10.6 Å². The molecule has 3 unspecified atom stereocenters. The largest absolute Gasteiger partial charge is 0.444 e. The minimum absolute atomic E-state index is 0.0391. The van der Waals surface area contributed by atoms with E-state index < -0.39 is 34.9 Å². The third kappa shape index (κ3) is 6.90. The van der Waals surface area contributed by atoms with E-state index in [4.69, 9.17) is 14.2 Å². The number of halogens is 1. The molecule has 2 aromatic heterocycles. The first-order valence-electron chi connectivity index (χ1n) is 12.8. The van der Waals surface area contributed by atoms with Crippen molar-refractivity contribution < 1.29 is 28.6 Å². The molecule has 0 radical (unpaired) electrons. The van der Waals surface area contributed by atoms with Crippen molar-refractivity contribution >= 4 is 56.0 Å². The van der Waals surface area contributed by atoms with Gasteiger partial charge in [-0.25, -0.2) is 14.6 Å². The van der Waals surface area contributed by atoms with Gasteiger partial charge in [0.2, 0.25) is 0 Å². The minimum atomic E-state index is -0.704. The molecule has 4 rings (SSSR count). The van der Waals surface area contributed by atoms with E-state index >= 15 is 0 Å². The maximum absolute atomic E-state index is 13.4. The molecule has 2 aliphatic heterocycles. The third-order valence-corrected chi connectivity index (χ3v) is 7.69. The Balaban J connectivity index is 1.49. The summed E-state index contributed by atoms with van der Waals surface area (Å²) in [5, 5.41) is 16.2. The van der Waals surface area contributed by atoms with E-state index in [-0.39, 0.29) is 22.8 Å². The molecule has 4 heterocycles. The molecule has 0 saturated carbocycles. The average molecular weight is 628 g/mol. The molecule has 0 spiro atoms. The fourth-order valence-corrected chi connectivity index (χ4v) is 6.09. The van der Waals surface area contributed by atoms with Crippen LogP contribution in [0, 0.1) is 6.92 Å². The number of nitrogens with zero attached hydrogens (tertiary/aromatic N) is 2. The number of H-pyrrole nitrogens is 1. The molecule has 214 valence electrons. The first-order chi connectivity index (χ1) is 18.1. The number of aromatic nitrogens is 3. The number of ether oxygens (including phenoxy) is 3. The minimum Gasteiger partial charge on any atom is -0.444 e. The van der Waals surface area contributed by atoms with Gasteiger partial charge in [-0.2, -0.15) is 5.10 Å². The molecule has 39 heavy (non-hydrogen) atoms. The van der Waals surface area contributed by atoms with Crippen molar-refractivity contribution in [3.8, 4) is 0 Å². The van der Waals surface area contributed by atoms with Crippen molar-refractivity contribution in [3.05, 3.63) is 21.0 Å². The normalized spacial score (nSPS) is 22.8. The van der Waals surface area contributed by atoms with E-state index in [9.17, 15) is 14.4 Å². The predicted octanol–water partition coefficient (Wildman–Crippen LogP) is 5.60. The maximum atomic E-state index is 13.4. The first-order valence-corrected chi connectivity index (χ1v) is 14.4. The van der Waals surface area contributed by atoms with Crippen molar-refractivity contribution in [1.82, 2.24) is 20.5 Å². The maximum Gasteiger partial charge on any atom is 0.412 e. The Morgan fingerprint density at radius 3 is 2.36 bits per heavy atom. The van der Waals surface area contributed by atoms with Gasteiger partial charge in [-0.1, -0.05) is 11.3 Å². The highest BCUT2D eigenvalue weighted by Gasteiger charge is 2.51. The summed E-state index contributed by atoms with van der Waals surface area (Å²) in [6.07, 6.45) is 1.33. The molecule has 0 aliphatic carbocycles. The van der Waals surface area contributed by atoms with Crippen LogP contribution in [-0.4, -0.2) is 56.6 Å². The van der Waals surface area contributed by atoms with Crippen molar-refractivity contribution in [3.63, 3.8) is 0 Å². The quantitative estimate of drug-likeness (QED) is 0.334. The number of nitrogens with one attached hydrogen (secondary N) is 4. The summed E-state index contributed by atoms with van der Waals surface area (Å²) in [4.78, 5) is 42.3. The topological polar surface area (TPSA) is 157 Å². The number of aryl methyl sites for hydroxylation is 1. The van der Waals surface area contributed by atoms with Gasteiger partial charge in [-0.05, 0) is 90.1 Å². The van der Waals surface area contributed by atoms with E-state index in [1.54, 1.807) is 20.8 Å². The van der Waals surface area contributed by atoms with Crippen LogP contribution in [0.3, 0.4) is 0 Å².